The molecule has 0 spiro atoms. The van der Waals surface area contributed by atoms with Gasteiger partial charge in [0.1, 0.15) is 6.04 Å². The van der Waals surface area contributed by atoms with Crippen LogP contribution in [0, 0.1) is 11.8 Å². The van der Waals surface area contributed by atoms with Crippen LogP contribution in [0.1, 0.15) is 44.6 Å². The van der Waals surface area contributed by atoms with E-state index in [0.29, 0.717) is 0 Å². The van der Waals surface area contributed by atoms with Crippen molar-refractivity contribution in [2.75, 3.05) is 7.11 Å². The summed E-state index contributed by atoms with van der Waals surface area (Å²) >= 11 is 0. The number of hydrogen-bond donors (Lipinski definition) is 1. The summed E-state index contributed by atoms with van der Waals surface area (Å²) < 4.78 is 4.85. The first-order valence-corrected chi connectivity index (χ1v) is 7.90. The molecule has 0 aromatic carbocycles. The number of carbonyl (C=O) groups is 2. The average molecular weight is 304 g/mol. The summed E-state index contributed by atoms with van der Waals surface area (Å²) in [6.45, 7) is 4.04. The lowest BCUT2D eigenvalue weighted by Crippen LogP contribution is -2.47. The standard InChI is InChI=1S/C17H24N2O3/c1-4-11(5-2)15(17(21)22-3)19-16(20)14-9-13(14)12-7-6-8-18-10-12/h6-8,10-11,13-15H,4-5,9H2,1-3H3,(H,19,20)/t13-,14-,15+/m1/s1. The Hall–Kier alpha value is -1.91. The average Bonchev–Trinajstić information content (AvgIpc) is 3.35. The summed E-state index contributed by atoms with van der Waals surface area (Å²) in [6, 6.07) is 3.32. The maximum absolute atomic E-state index is 12.4. The molecule has 1 heterocycles. The van der Waals surface area contributed by atoms with Crippen LogP contribution in [0.3, 0.4) is 0 Å². The van der Waals surface area contributed by atoms with E-state index < -0.39 is 6.04 Å². The second-order valence-corrected chi connectivity index (χ2v) is 5.82. The van der Waals surface area contributed by atoms with Crippen molar-refractivity contribution >= 4 is 11.9 Å². The van der Waals surface area contributed by atoms with Gasteiger partial charge < -0.3 is 10.1 Å². The number of hydrogen-bond acceptors (Lipinski definition) is 4. The van der Waals surface area contributed by atoms with Gasteiger partial charge in [0, 0.05) is 18.3 Å². The van der Waals surface area contributed by atoms with Gasteiger partial charge in [-0.1, -0.05) is 32.8 Å². The number of carbonyl (C=O) groups excluding carboxylic acids is 2. The van der Waals surface area contributed by atoms with Crippen LogP contribution in [0.5, 0.6) is 0 Å². The molecule has 5 nitrogen and oxygen atoms in total. The Morgan fingerprint density at radius 2 is 2.14 bits per heavy atom. The zero-order valence-electron chi connectivity index (χ0n) is 13.4. The molecule has 0 radical (unpaired) electrons. The van der Waals surface area contributed by atoms with Gasteiger partial charge in [0.25, 0.3) is 0 Å². The van der Waals surface area contributed by atoms with Crippen LogP contribution in [0.15, 0.2) is 24.5 Å². The third-order valence-electron chi connectivity index (χ3n) is 4.51. The first-order chi connectivity index (χ1) is 10.6. The van der Waals surface area contributed by atoms with Crippen LogP contribution in [0.25, 0.3) is 0 Å². The molecule has 1 saturated carbocycles. The van der Waals surface area contributed by atoms with Gasteiger partial charge in [-0.25, -0.2) is 4.79 Å². The summed E-state index contributed by atoms with van der Waals surface area (Å²) in [5, 5.41) is 2.90. The highest BCUT2D eigenvalue weighted by molar-refractivity contribution is 5.88. The second kappa shape index (κ2) is 7.38. The molecule has 0 unspecified atom stereocenters. The first kappa shape index (κ1) is 16.5. The molecule has 22 heavy (non-hydrogen) atoms. The van der Waals surface area contributed by atoms with E-state index in [1.807, 2.05) is 26.0 Å². The molecule has 0 aliphatic heterocycles. The maximum atomic E-state index is 12.4. The van der Waals surface area contributed by atoms with Crippen molar-refractivity contribution in [2.24, 2.45) is 11.8 Å². The van der Waals surface area contributed by atoms with Crippen molar-refractivity contribution in [1.82, 2.24) is 10.3 Å². The fourth-order valence-corrected chi connectivity index (χ4v) is 2.97. The monoisotopic (exact) mass is 304 g/mol. The molecule has 1 amide bonds. The number of nitrogens with zero attached hydrogens (tertiary/aromatic N) is 1. The minimum Gasteiger partial charge on any atom is -0.467 e. The lowest BCUT2D eigenvalue weighted by molar-refractivity contribution is -0.147. The van der Waals surface area contributed by atoms with Crippen LogP contribution in [0.4, 0.5) is 0 Å². The predicted molar refractivity (Wildman–Crippen MR) is 83.1 cm³/mol. The number of ether oxygens (including phenoxy) is 1. The lowest BCUT2D eigenvalue weighted by atomic mass is 9.94. The Balaban J connectivity index is 1.99. The molecule has 0 bridgehead atoms. The SMILES string of the molecule is CCC(CC)[C@H](NC(=O)[C@@H]1C[C@@H]1c1cccnc1)C(=O)OC. The molecule has 0 saturated heterocycles. The van der Waals surface area contributed by atoms with E-state index >= 15 is 0 Å². The summed E-state index contributed by atoms with van der Waals surface area (Å²) in [6.07, 6.45) is 5.99. The van der Waals surface area contributed by atoms with E-state index in [9.17, 15) is 9.59 Å². The van der Waals surface area contributed by atoms with Gasteiger partial charge in [-0.15, -0.1) is 0 Å². The number of amides is 1. The summed E-state index contributed by atoms with van der Waals surface area (Å²) in [5.74, 6) is -0.164. The summed E-state index contributed by atoms with van der Waals surface area (Å²) in [5.41, 5.74) is 1.08. The third kappa shape index (κ3) is 3.64. The largest absolute Gasteiger partial charge is 0.467 e. The Kier molecular flexibility index (Phi) is 5.52. The molecule has 1 aromatic heterocycles. The Bertz CT molecular complexity index is 514. The van der Waals surface area contributed by atoms with E-state index in [0.717, 1.165) is 24.8 Å². The number of methoxy groups -OCH3 is 1. The first-order valence-electron chi connectivity index (χ1n) is 7.90. The zero-order chi connectivity index (χ0) is 16.1. The molecular weight excluding hydrogens is 280 g/mol. The van der Waals surface area contributed by atoms with Crippen LogP contribution in [-0.4, -0.2) is 30.0 Å². The molecular formula is C17H24N2O3. The number of rotatable bonds is 7. The number of esters is 1. The van der Waals surface area contributed by atoms with E-state index in [-0.39, 0.29) is 29.6 Å². The van der Waals surface area contributed by atoms with Gasteiger partial charge in [0.2, 0.25) is 5.91 Å². The molecule has 1 aliphatic carbocycles. The van der Waals surface area contributed by atoms with Crippen LogP contribution >= 0.6 is 0 Å². The van der Waals surface area contributed by atoms with Crippen LogP contribution < -0.4 is 5.32 Å². The Labute approximate surface area is 131 Å². The number of nitrogens with one attached hydrogen (secondary N) is 1. The predicted octanol–water partition coefficient (Wildman–Crippen LogP) is 2.28. The van der Waals surface area contributed by atoms with Crippen molar-refractivity contribution in [3.63, 3.8) is 0 Å². The molecule has 1 aliphatic rings. The third-order valence-corrected chi connectivity index (χ3v) is 4.51. The molecule has 1 fully saturated rings. The minimum atomic E-state index is -0.553. The van der Waals surface area contributed by atoms with Crippen molar-refractivity contribution in [2.45, 2.75) is 45.1 Å². The zero-order valence-corrected chi connectivity index (χ0v) is 13.4. The van der Waals surface area contributed by atoms with Gasteiger partial charge in [-0.05, 0) is 29.9 Å². The van der Waals surface area contributed by atoms with Crippen molar-refractivity contribution in [1.29, 1.82) is 0 Å². The fraction of sp³-hybridized carbons (Fsp3) is 0.588. The van der Waals surface area contributed by atoms with Crippen LogP contribution in [0.2, 0.25) is 0 Å². The highest BCUT2D eigenvalue weighted by atomic mass is 16.5. The summed E-state index contributed by atoms with van der Waals surface area (Å²) in [7, 11) is 1.36. The number of aromatic nitrogens is 1. The van der Waals surface area contributed by atoms with Crippen molar-refractivity contribution in [3.05, 3.63) is 30.1 Å². The minimum absolute atomic E-state index is 0.0591. The maximum Gasteiger partial charge on any atom is 0.328 e. The van der Waals surface area contributed by atoms with Gasteiger partial charge >= 0.3 is 5.97 Å². The van der Waals surface area contributed by atoms with E-state index in [4.69, 9.17) is 4.74 Å². The lowest BCUT2D eigenvalue weighted by Gasteiger charge is -2.24. The van der Waals surface area contributed by atoms with Gasteiger partial charge in [0.05, 0.1) is 7.11 Å². The molecule has 1 N–H and O–H groups in total. The van der Waals surface area contributed by atoms with E-state index in [2.05, 4.69) is 10.3 Å². The molecule has 1 aromatic rings. The summed E-state index contributed by atoms with van der Waals surface area (Å²) in [4.78, 5) is 28.5. The highest BCUT2D eigenvalue weighted by Crippen LogP contribution is 2.47. The van der Waals surface area contributed by atoms with Crippen molar-refractivity contribution in [3.8, 4) is 0 Å². The second-order valence-electron chi connectivity index (χ2n) is 5.82. The molecule has 2 rings (SSSR count). The fourth-order valence-electron chi connectivity index (χ4n) is 2.97. The van der Waals surface area contributed by atoms with E-state index in [1.165, 1.54) is 7.11 Å². The number of pyridine rings is 1. The van der Waals surface area contributed by atoms with Crippen molar-refractivity contribution < 1.29 is 14.3 Å². The Morgan fingerprint density at radius 1 is 1.41 bits per heavy atom. The Morgan fingerprint density at radius 3 is 2.68 bits per heavy atom. The topological polar surface area (TPSA) is 68.3 Å². The van der Waals surface area contributed by atoms with Gasteiger partial charge in [0.15, 0.2) is 0 Å². The van der Waals surface area contributed by atoms with Gasteiger partial charge in [-0.2, -0.15) is 0 Å². The molecule has 5 heteroatoms. The smallest absolute Gasteiger partial charge is 0.328 e. The molecule has 3 atom stereocenters. The highest BCUT2D eigenvalue weighted by Gasteiger charge is 2.45. The van der Waals surface area contributed by atoms with Gasteiger partial charge in [-0.3, -0.25) is 9.78 Å². The molecule has 120 valence electrons. The quantitative estimate of drug-likeness (QED) is 0.785. The van der Waals surface area contributed by atoms with E-state index in [1.54, 1.807) is 12.4 Å². The van der Waals surface area contributed by atoms with Crippen LogP contribution in [-0.2, 0) is 14.3 Å². The normalized spacial score (nSPS) is 21.3.